The zero-order chi connectivity index (χ0) is 17.2. The van der Waals surface area contributed by atoms with Crippen LogP contribution in [0.2, 0.25) is 0 Å². The fraction of sp³-hybridized carbons (Fsp3) is 0.0588. The molecule has 3 aromatic heterocycles. The molecule has 0 fully saturated rings. The van der Waals surface area contributed by atoms with Crippen molar-refractivity contribution in [2.24, 2.45) is 0 Å². The number of aromatic nitrogens is 5. The van der Waals surface area contributed by atoms with Gasteiger partial charge in [-0.25, -0.2) is 19.3 Å². The summed E-state index contributed by atoms with van der Waals surface area (Å²) in [5.74, 6) is 0.935. The molecule has 25 heavy (non-hydrogen) atoms. The predicted molar refractivity (Wildman–Crippen MR) is 88.7 cm³/mol. The highest BCUT2D eigenvalue weighted by Gasteiger charge is 2.17. The van der Waals surface area contributed by atoms with Crippen molar-refractivity contribution in [2.45, 2.75) is 6.54 Å². The second-order valence-electron chi connectivity index (χ2n) is 5.33. The van der Waals surface area contributed by atoms with Gasteiger partial charge in [0.25, 0.3) is 0 Å². The van der Waals surface area contributed by atoms with Crippen LogP contribution in [0.1, 0.15) is 5.56 Å². The van der Waals surface area contributed by atoms with Crippen LogP contribution < -0.4 is 5.73 Å². The van der Waals surface area contributed by atoms with Crippen molar-refractivity contribution in [3.05, 3.63) is 66.6 Å². The first-order valence-corrected chi connectivity index (χ1v) is 7.50. The summed E-state index contributed by atoms with van der Waals surface area (Å²) < 4.78 is 21.0. The van der Waals surface area contributed by atoms with E-state index in [9.17, 15) is 4.39 Å². The smallest absolute Gasteiger partial charge is 0.182 e. The third-order valence-electron chi connectivity index (χ3n) is 3.65. The summed E-state index contributed by atoms with van der Waals surface area (Å²) in [6.45, 7) is 0.227. The standard InChI is InChI=1S/C17H13FN6O/c18-12-4-2-1-3-11(12)9-24-14(15-8-20-10-25-15)7-13(23-24)17-21-6-5-16(19)22-17/h1-8,10H,9H2,(H2,19,21,22). The van der Waals surface area contributed by atoms with E-state index in [1.807, 2.05) is 0 Å². The number of nitrogen functional groups attached to an aromatic ring is 1. The molecule has 0 bridgehead atoms. The van der Waals surface area contributed by atoms with Gasteiger partial charge in [-0.2, -0.15) is 5.10 Å². The largest absolute Gasteiger partial charge is 0.442 e. The zero-order valence-electron chi connectivity index (χ0n) is 13.0. The van der Waals surface area contributed by atoms with Crippen molar-refractivity contribution >= 4 is 5.82 Å². The van der Waals surface area contributed by atoms with Gasteiger partial charge in [0.05, 0.1) is 12.7 Å². The average Bonchev–Trinajstić information content (AvgIpc) is 3.26. The first-order valence-electron chi connectivity index (χ1n) is 7.50. The van der Waals surface area contributed by atoms with E-state index in [1.54, 1.807) is 47.4 Å². The molecule has 4 rings (SSSR count). The Morgan fingerprint density at radius 2 is 2.08 bits per heavy atom. The maximum absolute atomic E-state index is 14.0. The third kappa shape index (κ3) is 2.97. The minimum absolute atomic E-state index is 0.227. The summed E-state index contributed by atoms with van der Waals surface area (Å²) in [5.41, 5.74) is 7.37. The average molecular weight is 336 g/mol. The second-order valence-corrected chi connectivity index (χ2v) is 5.33. The summed E-state index contributed by atoms with van der Waals surface area (Å²) >= 11 is 0. The molecular formula is C17H13FN6O. The summed E-state index contributed by atoms with van der Waals surface area (Å²) in [4.78, 5) is 12.3. The van der Waals surface area contributed by atoms with Crippen LogP contribution in [0, 0.1) is 5.82 Å². The Hall–Kier alpha value is -3.55. The van der Waals surface area contributed by atoms with Gasteiger partial charge in [0, 0.05) is 11.8 Å². The third-order valence-corrected chi connectivity index (χ3v) is 3.65. The molecule has 0 aliphatic heterocycles. The first kappa shape index (κ1) is 15.0. The number of hydrogen-bond acceptors (Lipinski definition) is 6. The molecule has 0 aliphatic rings. The van der Waals surface area contributed by atoms with Gasteiger partial charge in [-0.3, -0.25) is 4.68 Å². The number of rotatable bonds is 4. The van der Waals surface area contributed by atoms with E-state index in [1.165, 1.54) is 12.5 Å². The van der Waals surface area contributed by atoms with E-state index in [4.69, 9.17) is 10.2 Å². The van der Waals surface area contributed by atoms with Crippen LogP contribution in [0.25, 0.3) is 23.0 Å². The van der Waals surface area contributed by atoms with Crippen LogP contribution in [0.15, 0.2) is 59.6 Å². The lowest BCUT2D eigenvalue weighted by Crippen LogP contribution is -2.05. The van der Waals surface area contributed by atoms with E-state index in [0.29, 0.717) is 34.4 Å². The number of nitrogens with zero attached hydrogens (tertiary/aromatic N) is 5. The molecule has 0 saturated heterocycles. The lowest BCUT2D eigenvalue weighted by atomic mass is 10.2. The molecule has 0 unspecified atom stereocenters. The lowest BCUT2D eigenvalue weighted by Gasteiger charge is -2.06. The lowest BCUT2D eigenvalue weighted by molar-refractivity contribution is 0.554. The van der Waals surface area contributed by atoms with Crippen LogP contribution in [0.4, 0.5) is 10.2 Å². The molecule has 0 amide bonds. The van der Waals surface area contributed by atoms with Gasteiger partial charge in [0.1, 0.15) is 23.0 Å². The van der Waals surface area contributed by atoms with E-state index < -0.39 is 0 Å². The minimum atomic E-state index is -0.303. The van der Waals surface area contributed by atoms with Crippen molar-refractivity contribution in [1.82, 2.24) is 24.7 Å². The monoisotopic (exact) mass is 336 g/mol. The molecule has 0 atom stereocenters. The Bertz CT molecular complexity index is 1010. The second kappa shape index (κ2) is 6.16. The van der Waals surface area contributed by atoms with E-state index in [0.717, 1.165) is 0 Å². The predicted octanol–water partition coefficient (Wildman–Crippen LogP) is 2.76. The van der Waals surface area contributed by atoms with Gasteiger partial charge < -0.3 is 10.2 Å². The van der Waals surface area contributed by atoms with Gasteiger partial charge in [-0.1, -0.05) is 18.2 Å². The molecule has 0 radical (unpaired) electrons. The number of halogens is 1. The van der Waals surface area contributed by atoms with E-state index in [2.05, 4.69) is 20.1 Å². The molecular weight excluding hydrogens is 323 g/mol. The van der Waals surface area contributed by atoms with E-state index in [-0.39, 0.29) is 12.4 Å². The Labute approximate surface area is 142 Å². The Morgan fingerprint density at radius 3 is 2.84 bits per heavy atom. The van der Waals surface area contributed by atoms with Gasteiger partial charge >= 0.3 is 0 Å². The quantitative estimate of drug-likeness (QED) is 0.615. The van der Waals surface area contributed by atoms with Gasteiger partial charge in [0.15, 0.2) is 18.0 Å². The van der Waals surface area contributed by atoms with Crippen LogP contribution in [0.3, 0.4) is 0 Å². The molecule has 124 valence electrons. The minimum Gasteiger partial charge on any atom is -0.442 e. The normalized spacial score (nSPS) is 10.9. The van der Waals surface area contributed by atoms with Crippen molar-refractivity contribution in [1.29, 1.82) is 0 Å². The molecule has 2 N–H and O–H groups in total. The molecule has 4 aromatic rings. The molecule has 0 spiro atoms. The Balaban J connectivity index is 1.80. The number of benzene rings is 1. The Kier molecular flexibility index (Phi) is 3.70. The number of hydrogen-bond donors (Lipinski definition) is 1. The van der Waals surface area contributed by atoms with Crippen molar-refractivity contribution < 1.29 is 8.81 Å². The summed E-state index contributed by atoms with van der Waals surface area (Å²) in [6, 6.07) is 9.89. The van der Waals surface area contributed by atoms with Crippen molar-refractivity contribution in [3.63, 3.8) is 0 Å². The number of nitrogens with two attached hydrogens (primary N) is 1. The first-order chi connectivity index (χ1) is 12.2. The topological polar surface area (TPSA) is 95.7 Å². The highest BCUT2D eigenvalue weighted by Crippen LogP contribution is 2.25. The molecule has 0 saturated carbocycles. The highest BCUT2D eigenvalue weighted by molar-refractivity contribution is 5.62. The van der Waals surface area contributed by atoms with Crippen molar-refractivity contribution in [3.8, 4) is 23.0 Å². The SMILES string of the molecule is Nc1ccnc(-c2cc(-c3cnco3)n(Cc3ccccc3F)n2)n1. The van der Waals surface area contributed by atoms with Gasteiger partial charge in [0.2, 0.25) is 0 Å². The zero-order valence-corrected chi connectivity index (χ0v) is 13.0. The summed E-state index contributed by atoms with van der Waals surface area (Å²) in [5, 5.41) is 4.50. The molecule has 0 aliphatic carbocycles. The molecule has 8 heteroatoms. The summed E-state index contributed by atoms with van der Waals surface area (Å²) in [6.07, 6.45) is 4.45. The fourth-order valence-corrected chi connectivity index (χ4v) is 2.47. The fourth-order valence-electron chi connectivity index (χ4n) is 2.47. The number of anilines is 1. The van der Waals surface area contributed by atoms with Gasteiger partial charge in [-0.15, -0.1) is 0 Å². The molecule has 1 aromatic carbocycles. The van der Waals surface area contributed by atoms with E-state index >= 15 is 0 Å². The molecule has 3 heterocycles. The van der Waals surface area contributed by atoms with Crippen LogP contribution >= 0.6 is 0 Å². The van der Waals surface area contributed by atoms with Gasteiger partial charge in [-0.05, 0) is 18.2 Å². The Morgan fingerprint density at radius 1 is 1.20 bits per heavy atom. The highest BCUT2D eigenvalue weighted by atomic mass is 19.1. The maximum atomic E-state index is 14.0. The molecule has 7 nitrogen and oxygen atoms in total. The van der Waals surface area contributed by atoms with Crippen LogP contribution in [-0.2, 0) is 6.54 Å². The van der Waals surface area contributed by atoms with Crippen LogP contribution in [-0.4, -0.2) is 24.7 Å². The summed E-state index contributed by atoms with van der Waals surface area (Å²) in [7, 11) is 0. The number of oxazole rings is 1. The van der Waals surface area contributed by atoms with Crippen molar-refractivity contribution in [2.75, 3.05) is 5.73 Å². The van der Waals surface area contributed by atoms with Crippen LogP contribution in [0.5, 0.6) is 0 Å². The maximum Gasteiger partial charge on any atom is 0.182 e.